The predicted molar refractivity (Wildman–Crippen MR) is 109 cm³/mol. The topological polar surface area (TPSA) is 71.3 Å². The van der Waals surface area contributed by atoms with Crippen molar-refractivity contribution >= 4 is 5.91 Å². The minimum Gasteiger partial charge on any atom is -0.406 e. The molecule has 0 saturated carbocycles. The van der Waals surface area contributed by atoms with Gasteiger partial charge in [0.15, 0.2) is 0 Å². The summed E-state index contributed by atoms with van der Waals surface area (Å²) in [5, 5.41) is 0. The molecule has 0 fully saturated rings. The third-order valence-corrected chi connectivity index (χ3v) is 4.58. The highest BCUT2D eigenvalue weighted by molar-refractivity contribution is 6.03. The number of rotatable bonds is 7. The molecule has 0 aliphatic carbocycles. The minimum atomic E-state index is -4.80. The van der Waals surface area contributed by atoms with Gasteiger partial charge in [-0.1, -0.05) is 42.5 Å². The van der Waals surface area contributed by atoms with Crippen LogP contribution in [0.4, 0.5) is 13.2 Å². The molecule has 30 heavy (non-hydrogen) atoms. The normalized spacial score (nSPS) is 11.7. The standard InChI is InChI=1S/C22H22F3N3O2/c1-28(2)12-11-17-18(21(26)29)20(14-7-4-3-5-8-14)27-19(17)15-9-6-10-16(13-15)30-22(23,24)25/h3-10,13,27H,11-12H2,1-2H3,(H2,26,29). The average Bonchev–Trinajstić information content (AvgIpc) is 3.06. The molecule has 3 N–H and O–H groups in total. The number of amides is 1. The molecule has 3 aromatic rings. The lowest BCUT2D eigenvalue weighted by atomic mass is 9.98. The Morgan fingerprint density at radius 1 is 1.03 bits per heavy atom. The van der Waals surface area contributed by atoms with Crippen molar-refractivity contribution in [3.63, 3.8) is 0 Å². The zero-order chi connectivity index (χ0) is 21.9. The molecule has 5 nitrogen and oxygen atoms in total. The highest BCUT2D eigenvalue weighted by Gasteiger charge is 2.31. The van der Waals surface area contributed by atoms with Gasteiger partial charge < -0.3 is 20.4 Å². The Bertz CT molecular complexity index is 1030. The summed E-state index contributed by atoms with van der Waals surface area (Å²) < 4.78 is 42.0. The number of halogens is 3. The lowest BCUT2D eigenvalue weighted by molar-refractivity contribution is -0.274. The lowest BCUT2D eigenvalue weighted by Gasteiger charge is -2.13. The monoisotopic (exact) mass is 417 g/mol. The fraction of sp³-hybridized carbons (Fsp3) is 0.227. The number of aromatic nitrogens is 1. The molecule has 2 aromatic carbocycles. The number of ether oxygens (including phenoxy) is 1. The van der Waals surface area contributed by atoms with Crippen LogP contribution in [0.3, 0.4) is 0 Å². The summed E-state index contributed by atoms with van der Waals surface area (Å²) in [6, 6.07) is 14.8. The molecule has 0 saturated heterocycles. The fourth-order valence-electron chi connectivity index (χ4n) is 3.31. The molecule has 0 bridgehead atoms. The number of nitrogens with two attached hydrogens (primary N) is 1. The second-order valence-electron chi connectivity index (χ2n) is 7.09. The number of benzene rings is 2. The molecule has 158 valence electrons. The molecule has 0 radical (unpaired) electrons. The van der Waals surface area contributed by atoms with Crippen LogP contribution in [0.15, 0.2) is 54.6 Å². The Morgan fingerprint density at radius 2 is 1.70 bits per heavy atom. The number of carbonyl (C=O) groups is 1. The van der Waals surface area contributed by atoms with Crippen molar-refractivity contribution in [3.8, 4) is 28.3 Å². The molecule has 1 amide bonds. The number of carbonyl (C=O) groups excluding carboxylic acids is 1. The maximum absolute atomic E-state index is 12.7. The fourth-order valence-corrected chi connectivity index (χ4v) is 3.31. The van der Waals surface area contributed by atoms with E-state index >= 15 is 0 Å². The molecule has 0 atom stereocenters. The SMILES string of the molecule is CN(C)CCc1c(-c2cccc(OC(F)(F)F)c2)[nH]c(-c2ccccc2)c1C(N)=O. The van der Waals surface area contributed by atoms with Crippen molar-refractivity contribution in [1.29, 1.82) is 0 Å². The van der Waals surface area contributed by atoms with Crippen LogP contribution in [-0.4, -0.2) is 42.8 Å². The van der Waals surface area contributed by atoms with Crippen molar-refractivity contribution in [2.75, 3.05) is 20.6 Å². The largest absolute Gasteiger partial charge is 0.573 e. The molecule has 8 heteroatoms. The molecule has 0 spiro atoms. The predicted octanol–water partition coefficient (Wildman–Crippen LogP) is 4.45. The molecular weight excluding hydrogens is 395 g/mol. The van der Waals surface area contributed by atoms with Crippen LogP contribution in [0, 0.1) is 0 Å². The molecule has 0 aliphatic heterocycles. The van der Waals surface area contributed by atoms with Gasteiger partial charge in [0.05, 0.1) is 17.0 Å². The second kappa shape index (κ2) is 8.62. The van der Waals surface area contributed by atoms with Crippen molar-refractivity contribution in [1.82, 2.24) is 9.88 Å². The zero-order valence-electron chi connectivity index (χ0n) is 16.6. The van der Waals surface area contributed by atoms with Gasteiger partial charge in [-0.2, -0.15) is 0 Å². The third kappa shape index (κ3) is 5.01. The number of H-pyrrole nitrogens is 1. The van der Waals surface area contributed by atoms with Gasteiger partial charge in [-0.05, 0) is 43.8 Å². The second-order valence-corrected chi connectivity index (χ2v) is 7.09. The van der Waals surface area contributed by atoms with Gasteiger partial charge in [0.25, 0.3) is 5.91 Å². The first-order chi connectivity index (χ1) is 14.2. The van der Waals surface area contributed by atoms with Gasteiger partial charge in [-0.15, -0.1) is 13.2 Å². The first kappa shape index (κ1) is 21.4. The van der Waals surface area contributed by atoms with Crippen LogP contribution >= 0.6 is 0 Å². The number of hydrogen-bond acceptors (Lipinski definition) is 3. The zero-order valence-corrected chi connectivity index (χ0v) is 16.6. The minimum absolute atomic E-state index is 0.334. The summed E-state index contributed by atoms with van der Waals surface area (Å²) in [6.45, 7) is 0.623. The highest BCUT2D eigenvalue weighted by Crippen LogP contribution is 2.36. The number of likely N-dealkylation sites (N-methyl/N-ethyl adjacent to an activating group) is 1. The van der Waals surface area contributed by atoms with Gasteiger partial charge in [-0.3, -0.25) is 4.79 Å². The van der Waals surface area contributed by atoms with E-state index in [1.54, 1.807) is 6.07 Å². The number of nitrogens with zero attached hydrogens (tertiary/aromatic N) is 1. The summed E-state index contributed by atoms with van der Waals surface area (Å²) in [5.41, 5.74) is 9.00. The maximum Gasteiger partial charge on any atom is 0.573 e. The van der Waals surface area contributed by atoms with Gasteiger partial charge in [0, 0.05) is 12.1 Å². The smallest absolute Gasteiger partial charge is 0.406 e. The van der Waals surface area contributed by atoms with E-state index < -0.39 is 12.3 Å². The average molecular weight is 417 g/mol. The number of aromatic amines is 1. The van der Waals surface area contributed by atoms with Crippen LogP contribution < -0.4 is 10.5 Å². The van der Waals surface area contributed by atoms with Crippen LogP contribution in [-0.2, 0) is 6.42 Å². The Balaban J connectivity index is 2.18. The van der Waals surface area contributed by atoms with E-state index in [1.165, 1.54) is 18.2 Å². The molecule has 0 unspecified atom stereocenters. The Morgan fingerprint density at radius 3 is 2.30 bits per heavy atom. The van der Waals surface area contributed by atoms with Crippen molar-refractivity contribution in [3.05, 3.63) is 65.7 Å². The Hall–Kier alpha value is -3.26. The number of nitrogens with one attached hydrogen (secondary N) is 1. The summed E-state index contributed by atoms with van der Waals surface area (Å²) in [4.78, 5) is 17.5. The van der Waals surface area contributed by atoms with E-state index in [9.17, 15) is 18.0 Å². The van der Waals surface area contributed by atoms with Crippen molar-refractivity contribution < 1.29 is 22.7 Å². The Labute approximate surface area is 172 Å². The van der Waals surface area contributed by atoms with Crippen LogP contribution in [0.2, 0.25) is 0 Å². The van der Waals surface area contributed by atoms with Crippen molar-refractivity contribution in [2.24, 2.45) is 5.73 Å². The first-order valence-corrected chi connectivity index (χ1v) is 9.26. The van der Waals surface area contributed by atoms with Crippen LogP contribution in [0.5, 0.6) is 5.75 Å². The number of primary amides is 1. The first-order valence-electron chi connectivity index (χ1n) is 9.26. The summed E-state index contributed by atoms with van der Waals surface area (Å²) in [6.07, 6.45) is -4.32. The third-order valence-electron chi connectivity index (χ3n) is 4.58. The highest BCUT2D eigenvalue weighted by atomic mass is 19.4. The molecule has 3 rings (SSSR count). The van der Waals surface area contributed by atoms with E-state index in [-0.39, 0.29) is 5.75 Å². The molecule has 1 heterocycles. The number of hydrogen-bond donors (Lipinski definition) is 2. The molecule has 1 aromatic heterocycles. The summed E-state index contributed by atoms with van der Waals surface area (Å²) >= 11 is 0. The van der Waals surface area contributed by atoms with Crippen LogP contribution in [0.25, 0.3) is 22.5 Å². The summed E-state index contributed by atoms with van der Waals surface area (Å²) in [5.74, 6) is -0.942. The Kier molecular flexibility index (Phi) is 6.17. The maximum atomic E-state index is 12.7. The van der Waals surface area contributed by atoms with E-state index in [2.05, 4.69) is 9.72 Å². The lowest BCUT2D eigenvalue weighted by Crippen LogP contribution is -2.19. The van der Waals surface area contributed by atoms with Gasteiger partial charge in [0.2, 0.25) is 0 Å². The number of alkyl halides is 3. The van der Waals surface area contributed by atoms with Crippen LogP contribution in [0.1, 0.15) is 15.9 Å². The molecule has 0 aliphatic rings. The van der Waals surface area contributed by atoms with E-state index in [0.717, 1.165) is 5.56 Å². The molecular formula is C22H22F3N3O2. The van der Waals surface area contributed by atoms with E-state index in [1.807, 2.05) is 49.3 Å². The summed E-state index contributed by atoms with van der Waals surface area (Å²) in [7, 11) is 3.79. The quantitative estimate of drug-likeness (QED) is 0.597. The van der Waals surface area contributed by atoms with Crippen molar-refractivity contribution in [2.45, 2.75) is 12.8 Å². The van der Waals surface area contributed by atoms with E-state index in [0.29, 0.717) is 41.0 Å². The van der Waals surface area contributed by atoms with Gasteiger partial charge in [0.1, 0.15) is 5.75 Å². The van der Waals surface area contributed by atoms with E-state index in [4.69, 9.17) is 5.73 Å². The van der Waals surface area contributed by atoms with Gasteiger partial charge in [-0.25, -0.2) is 0 Å². The van der Waals surface area contributed by atoms with Gasteiger partial charge >= 0.3 is 6.36 Å².